The summed E-state index contributed by atoms with van der Waals surface area (Å²) in [6.45, 7) is 3.84. The fourth-order valence-electron chi connectivity index (χ4n) is 0.797. The quantitative estimate of drug-likeness (QED) is 0.462. The number of unbranched alkanes of at least 4 members (excludes halogenated alkanes) is 3. The first kappa shape index (κ1) is 10.4. The molecular formula is C8H17BrO. The van der Waals surface area contributed by atoms with Crippen molar-refractivity contribution in [2.24, 2.45) is 0 Å². The van der Waals surface area contributed by atoms with Gasteiger partial charge >= 0.3 is 0 Å². The Morgan fingerprint density at radius 3 is 2.40 bits per heavy atom. The predicted octanol–water partition coefficient (Wildman–Crippen LogP) is 2.98. The van der Waals surface area contributed by atoms with E-state index in [1.807, 2.05) is 6.92 Å². The molecule has 62 valence electrons. The highest BCUT2D eigenvalue weighted by Gasteiger charge is 1.87. The van der Waals surface area contributed by atoms with E-state index in [0.29, 0.717) is 0 Å². The second-order valence-electron chi connectivity index (χ2n) is 2.30. The molecule has 0 amide bonds. The van der Waals surface area contributed by atoms with Crippen LogP contribution in [0.3, 0.4) is 0 Å². The highest BCUT2D eigenvalue weighted by molar-refractivity contribution is 9.09. The first-order chi connectivity index (χ1) is 4.91. The van der Waals surface area contributed by atoms with Crippen molar-refractivity contribution in [2.45, 2.75) is 32.6 Å². The van der Waals surface area contributed by atoms with E-state index < -0.39 is 0 Å². The van der Waals surface area contributed by atoms with Gasteiger partial charge in [0.05, 0.1) is 0 Å². The maximum atomic E-state index is 5.20. The summed E-state index contributed by atoms with van der Waals surface area (Å²) >= 11 is 3.40. The van der Waals surface area contributed by atoms with Crippen LogP contribution in [0.4, 0.5) is 0 Å². The lowest BCUT2D eigenvalue weighted by Crippen LogP contribution is -1.92. The Kier molecular flexibility index (Phi) is 9.86. The summed E-state index contributed by atoms with van der Waals surface area (Å²) in [4.78, 5) is 0. The Labute approximate surface area is 72.3 Å². The van der Waals surface area contributed by atoms with Crippen molar-refractivity contribution < 1.29 is 4.74 Å². The van der Waals surface area contributed by atoms with E-state index in [-0.39, 0.29) is 0 Å². The average molecular weight is 209 g/mol. The Morgan fingerprint density at radius 2 is 1.80 bits per heavy atom. The molecule has 0 aliphatic heterocycles. The number of halogens is 1. The summed E-state index contributed by atoms with van der Waals surface area (Å²) in [7, 11) is 0. The van der Waals surface area contributed by atoms with E-state index in [0.717, 1.165) is 18.5 Å². The molecule has 0 N–H and O–H groups in total. The first-order valence-corrected chi connectivity index (χ1v) is 5.17. The largest absolute Gasteiger partial charge is 0.382 e. The zero-order valence-electron chi connectivity index (χ0n) is 6.74. The summed E-state index contributed by atoms with van der Waals surface area (Å²) in [5.74, 6) is 0. The third-order valence-corrected chi connectivity index (χ3v) is 1.94. The zero-order valence-corrected chi connectivity index (χ0v) is 8.32. The topological polar surface area (TPSA) is 9.23 Å². The number of ether oxygens (including phenoxy) is 1. The average Bonchev–Trinajstić information content (AvgIpc) is 1.97. The molecule has 0 aromatic rings. The fourth-order valence-corrected chi connectivity index (χ4v) is 1.19. The molecule has 0 unspecified atom stereocenters. The van der Waals surface area contributed by atoms with Crippen LogP contribution in [0.1, 0.15) is 32.6 Å². The second-order valence-corrected chi connectivity index (χ2v) is 3.09. The Balaban J connectivity index is 2.65. The lowest BCUT2D eigenvalue weighted by Gasteiger charge is -1.99. The molecule has 0 bridgehead atoms. The van der Waals surface area contributed by atoms with Gasteiger partial charge in [0.25, 0.3) is 0 Å². The summed E-state index contributed by atoms with van der Waals surface area (Å²) in [6, 6.07) is 0. The maximum Gasteiger partial charge on any atom is 0.0465 e. The molecule has 0 saturated heterocycles. The normalized spacial score (nSPS) is 10.2. The van der Waals surface area contributed by atoms with Gasteiger partial charge in [0, 0.05) is 18.5 Å². The molecule has 0 rings (SSSR count). The van der Waals surface area contributed by atoms with E-state index >= 15 is 0 Å². The lowest BCUT2D eigenvalue weighted by molar-refractivity contribution is 0.143. The van der Waals surface area contributed by atoms with Crippen LogP contribution in [-0.2, 0) is 4.74 Å². The monoisotopic (exact) mass is 208 g/mol. The SMILES string of the molecule is CCOCCCCCCBr. The molecule has 0 heterocycles. The molecule has 0 aliphatic rings. The molecule has 0 atom stereocenters. The van der Waals surface area contributed by atoms with Crippen LogP contribution in [0.5, 0.6) is 0 Å². The van der Waals surface area contributed by atoms with Gasteiger partial charge in [0.1, 0.15) is 0 Å². The van der Waals surface area contributed by atoms with Crippen LogP contribution in [-0.4, -0.2) is 18.5 Å². The summed E-state index contributed by atoms with van der Waals surface area (Å²) in [6.07, 6.45) is 5.16. The fraction of sp³-hybridized carbons (Fsp3) is 1.00. The molecule has 1 nitrogen and oxygen atoms in total. The summed E-state index contributed by atoms with van der Waals surface area (Å²) < 4.78 is 5.20. The number of hydrogen-bond acceptors (Lipinski definition) is 1. The van der Waals surface area contributed by atoms with Crippen molar-refractivity contribution in [1.82, 2.24) is 0 Å². The highest BCUT2D eigenvalue weighted by Crippen LogP contribution is 2.01. The van der Waals surface area contributed by atoms with Gasteiger partial charge in [-0.3, -0.25) is 0 Å². The van der Waals surface area contributed by atoms with Gasteiger partial charge in [-0.25, -0.2) is 0 Å². The van der Waals surface area contributed by atoms with Crippen molar-refractivity contribution in [2.75, 3.05) is 18.5 Å². The van der Waals surface area contributed by atoms with Gasteiger partial charge in [-0.05, 0) is 19.8 Å². The summed E-state index contributed by atoms with van der Waals surface area (Å²) in [5, 5.41) is 1.14. The minimum atomic E-state index is 0.860. The van der Waals surface area contributed by atoms with Gasteiger partial charge in [-0.2, -0.15) is 0 Å². The van der Waals surface area contributed by atoms with Crippen LogP contribution in [0.15, 0.2) is 0 Å². The Morgan fingerprint density at radius 1 is 1.10 bits per heavy atom. The van der Waals surface area contributed by atoms with Crippen molar-refractivity contribution in [1.29, 1.82) is 0 Å². The second kappa shape index (κ2) is 9.44. The van der Waals surface area contributed by atoms with Gasteiger partial charge in [-0.1, -0.05) is 28.8 Å². The summed E-state index contributed by atoms with van der Waals surface area (Å²) in [5.41, 5.74) is 0. The molecule has 0 aliphatic carbocycles. The van der Waals surface area contributed by atoms with Crippen LogP contribution in [0.25, 0.3) is 0 Å². The van der Waals surface area contributed by atoms with E-state index in [4.69, 9.17) is 4.74 Å². The van der Waals surface area contributed by atoms with Gasteiger partial charge in [-0.15, -0.1) is 0 Å². The third-order valence-electron chi connectivity index (χ3n) is 1.38. The number of hydrogen-bond donors (Lipinski definition) is 0. The molecule has 0 saturated carbocycles. The molecule has 2 heteroatoms. The number of alkyl halides is 1. The van der Waals surface area contributed by atoms with Crippen molar-refractivity contribution in [3.8, 4) is 0 Å². The predicted molar refractivity (Wildman–Crippen MR) is 48.8 cm³/mol. The van der Waals surface area contributed by atoms with Crippen molar-refractivity contribution in [3.05, 3.63) is 0 Å². The molecule has 0 aromatic heterocycles. The molecule has 10 heavy (non-hydrogen) atoms. The first-order valence-electron chi connectivity index (χ1n) is 4.05. The lowest BCUT2D eigenvalue weighted by atomic mass is 10.2. The van der Waals surface area contributed by atoms with Crippen molar-refractivity contribution >= 4 is 15.9 Å². The Bertz CT molecular complexity index is 49.2. The van der Waals surface area contributed by atoms with Gasteiger partial charge in [0.15, 0.2) is 0 Å². The molecule has 0 spiro atoms. The smallest absolute Gasteiger partial charge is 0.0465 e. The van der Waals surface area contributed by atoms with Gasteiger partial charge < -0.3 is 4.74 Å². The number of rotatable bonds is 7. The van der Waals surface area contributed by atoms with Crippen LogP contribution < -0.4 is 0 Å². The van der Waals surface area contributed by atoms with Crippen LogP contribution >= 0.6 is 15.9 Å². The van der Waals surface area contributed by atoms with Crippen LogP contribution in [0, 0.1) is 0 Å². The van der Waals surface area contributed by atoms with E-state index in [1.54, 1.807) is 0 Å². The van der Waals surface area contributed by atoms with Crippen LogP contribution in [0.2, 0.25) is 0 Å². The third kappa shape index (κ3) is 8.44. The molecular weight excluding hydrogens is 192 g/mol. The minimum absolute atomic E-state index is 0.860. The van der Waals surface area contributed by atoms with E-state index in [1.165, 1.54) is 25.7 Å². The van der Waals surface area contributed by atoms with Crippen molar-refractivity contribution in [3.63, 3.8) is 0 Å². The molecule has 0 aromatic carbocycles. The minimum Gasteiger partial charge on any atom is -0.382 e. The van der Waals surface area contributed by atoms with E-state index in [2.05, 4.69) is 15.9 Å². The molecule has 0 fully saturated rings. The van der Waals surface area contributed by atoms with Gasteiger partial charge in [0.2, 0.25) is 0 Å². The van der Waals surface area contributed by atoms with E-state index in [9.17, 15) is 0 Å². The standard InChI is InChI=1S/C8H17BrO/c1-2-10-8-6-4-3-5-7-9/h2-8H2,1H3. The zero-order chi connectivity index (χ0) is 7.66. The molecule has 0 radical (unpaired) electrons. The maximum absolute atomic E-state index is 5.20. The highest BCUT2D eigenvalue weighted by atomic mass is 79.9. The Hall–Kier alpha value is 0.440.